The van der Waals surface area contributed by atoms with Crippen LogP contribution in [-0.2, 0) is 0 Å². The molecule has 0 saturated carbocycles. The summed E-state index contributed by atoms with van der Waals surface area (Å²) in [5.74, 6) is 0. The molecule has 0 saturated heterocycles. The molecule has 0 bridgehead atoms. The topological polar surface area (TPSA) is 30.0 Å². The second-order valence-electron chi connectivity index (χ2n) is 5.53. The van der Waals surface area contributed by atoms with Gasteiger partial charge in [0.05, 0.1) is 5.52 Å². The second-order valence-corrected chi connectivity index (χ2v) is 5.53. The average Bonchev–Trinajstić information content (AvgIpc) is 2.72. The van der Waals surface area contributed by atoms with Gasteiger partial charge in [0.25, 0.3) is 0 Å². The first-order valence-corrected chi connectivity index (χ1v) is 7.40. The minimum absolute atomic E-state index is 0.0229. The van der Waals surface area contributed by atoms with E-state index < -0.39 is 0 Å². The van der Waals surface area contributed by atoms with Crippen LogP contribution in [0.25, 0.3) is 32.8 Å². The number of rotatable bonds is 1. The molecule has 4 aromatic rings. The number of hydrogen-bond donors (Lipinski definition) is 0. The van der Waals surface area contributed by atoms with Crippen molar-refractivity contribution < 1.29 is 0 Å². The Kier molecular flexibility index (Phi) is 3.20. The van der Waals surface area contributed by atoms with Crippen molar-refractivity contribution >= 4 is 35.0 Å². The number of nitrogens with zero attached hydrogens (tertiary/aromatic N) is 1. The molecule has 0 aliphatic rings. The lowest BCUT2D eigenvalue weighted by Crippen LogP contribution is -2.04. The highest BCUT2D eigenvalue weighted by Gasteiger charge is 2.06. The molecule has 0 unspecified atom stereocenters. The Labute approximate surface area is 134 Å². The zero-order valence-electron chi connectivity index (χ0n) is 12.4. The van der Waals surface area contributed by atoms with Gasteiger partial charge in [-0.2, -0.15) is 0 Å². The van der Waals surface area contributed by atoms with Gasteiger partial charge in [0, 0.05) is 22.5 Å². The summed E-state index contributed by atoms with van der Waals surface area (Å²) in [4.78, 5) is 17.4. The molecular weight excluding hydrogens is 281 g/mol. The van der Waals surface area contributed by atoms with E-state index in [4.69, 9.17) is 7.85 Å². The Bertz CT molecular complexity index is 1090. The standard InChI is InChI=1S/C20H12BNO/c21-16-7-8-17-14(10-16)6-9-19-18(20(17)23)11-15(12-22-19)13-4-2-1-3-5-13/h1-12H. The van der Waals surface area contributed by atoms with Crippen molar-refractivity contribution in [3.8, 4) is 11.1 Å². The van der Waals surface area contributed by atoms with Gasteiger partial charge >= 0.3 is 0 Å². The van der Waals surface area contributed by atoms with Crippen LogP contribution in [0.15, 0.2) is 77.7 Å². The van der Waals surface area contributed by atoms with Crippen molar-refractivity contribution in [2.45, 2.75) is 0 Å². The third-order valence-corrected chi connectivity index (χ3v) is 4.01. The highest BCUT2D eigenvalue weighted by Crippen LogP contribution is 2.21. The van der Waals surface area contributed by atoms with Gasteiger partial charge in [-0.15, -0.1) is 0 Å². The molecule has 3 heteroatoms. The van der Waals surface area contributed by atoms with Crippen molar-refractivity contribution in [1.29, 1.82) is 0 Å². The van der Waals surface area contributed by atoms with Crippen molar-refractivity contribution in [3.63, 3.8) is 0 Å². The lowest BCUT2D eigenvalue weighted by atomic mass is 9.94. The average molecular weight is 293 g/mol. The Hall–Kier alpha value is -2.94. The molecule has 0 fully saturated rings. The van der Waals surface area contributed by atoms with E-state index in [1.165, 1.54) is 0 Å². The smallest absolute Gasteiger partial charge is 0.195 e. The van der Waals surface area contributed by atoms with Gasteiger partial charge in [0.15, 0.2) is 5.43 Å². The van der Waals surface area contributed by atoms with Crippen LogP contribution in [0.4, 0.5) is 0 Å². The summed E-state index contributed by atoms with van der Waals surface area (Å²) in [6, 6.07) is 21.0. The van der Waals surface area contributed by atoms with E-state index in [2.05, 4.69) is 4.98 Å². The van der Waals surface area contributed by atoms with Gasteiger partial charge in [-0.05, 0) is 23.1 Å². The summed E-state index contributed by atoms with van der Waals surface area (Å²) >= 11 is 0. The Morgan fingerprint density at radius 2 is 1.61 bits per heavy atom. The zero-order valence-corrected chi connectivity index (χ0v) is 12.4. The first-order valence-electron chi connectivity index (χ1n) is 7.40. The van der Waals surface area contributed by atoms with E-state index >= 15 is 0 Å². The summed E-state index contributed by atoms with van der Waals surface area (Å²) < 4.78 is 0. The van der Waals surface area contributed by atoms with Crippen LogP contribution in [-0.4, -0.2) is 12.8 Å². The predicted octanol–water partition coefficient (Wildman–Crippen LogP) is 3.21. The van der Waals surface area contributed by atoms with Crippen molar-refractivity contribution in [2.75, 3.05) is 0 Å². The van der Waals surface area contributed by atoms with Crippen LogP contribution in [0.2, 0.25) is 0 Å². The molecule has 3 aromatic carbocycles. The largest absolute Gasteiger partial charge is 0.289 e. The molecule has 0 atom stereocenters. The normalized spacial score (nSPS) is 11.0. The number of fused-ring (bicyclic) bond motifs is 2. The van der Waals surface area contributed by atoms with E-state index in [1.54, 1.807) is 18.3 Å². The molecule has 0 aliphatic heterocycles. The molecule has 106 valence electrons. The van der Waals surface area contributed by atoms with Crippen LogP contribution in [0.1, 0.15) is 0 Å². The van der Waals surface area contributed by atoms with Crippen molar-refractivity contribution in [2.24, 2.45) is 0 Å². The minimum Gasteiger partial charge on any atom is -0.289 e. The third kappa shape index (κ3) is 2.40. The van der Waals surface area contributed by atoms with Gasteiger partial charge in [-0.3, -0.25) is 9.78 Å². The van der Waals surface area contributed by atoms with E-state index in [-0.39, 0.29) is 5.43 Å². The maximum atomic E-state index is 12.9. The molecule has 0 amide bonds. The fourth-order valence-corrected chi connectivity index (χ4v) is 2.82. The molecule has 0 N–H and O–H groups in total. The highest BCUT2D eigenvalue weighted by molar-refractivity contribution is 6.33. The molecule has 2 nitrogen and oxygen atoms in total. The van der Waals surface area contributed by atoms with Gasteiger partial charge in [-0.25, -0.2) is 0 Å². The molecule has 4 rings (SSSR count). The first kappa shape index (κ1) is 13.7. The Balaban J connectivity index is 2.08. The monoisotopic (exact) mass is 293 g/mol. The summed E-state index contributed by atoms with van der Waals surface area (Å²) in [6.07, 6.45) is 1.80. The summed E-state index contributed by atoms with van der Waals surface area (Å²) in [6.45, 7) is 0. The SMILES string of the molecule is [B]c1ccc2c(=O)c3cc(-c4ccccc4)cnc3ccc2c1. The van der Waals surface area contributed by atoms with Crippen molar-refractivity contribution in [1.82, 2.24) is 4.98 Å². The Morgan fingerprint density at radius 1 is 0.783 bits per heavy atom. The molecule has 1 heterocycles. The van der Waals surface area contributed by atoms with E-state index in [1.807, 2.05) is 54.6 Å². The lowest BCUT2D eigenvalue weighted by molar-refractivity contribution is 1.41. The molecule has 1 aromatic heterocycles. The fraction of sp³-hybridized carbons (Fsp3) is 0. The van der Waals surface area contributed by atoms with Crippen LogP contribution in [0, 0.1) is 0 Å². The highest BCUT2D eigenvalue weighted by atomic mass is 16.1. The van der Waals surface area contributed by atoms with E-state index in [9.17, 15) is 4.79 Å². The van der Waals surface area contributed by atoms with Crippen LogP contribution < -0.4 is 10.9 Å². The Morgan fingerprint density at radius 3 is 2.43 bits per heavy atom. The molecule has 0 aliphatic carbocycles. The summed E-state index contributed by atoms with van der Waals surface area (Å²) in [7, 11) is 5.82. The third-order valence-electron chi connectivity index (χ3n) is 4.01. The van der Waals surface area contributed by atoms with Gasteiger partial charge < -0.3 is 0 Å². The second kappa shape index (κ2) is 5.36. The number of hydrogen-bond acceptors (Lipinski definition) is 2. The maximum Gasteiger partial charge on any atom is 0.195 e. The number of pyridine rings is 1. The lowest BCUT2D eigenvalue weighted by Gasteiger charge is -2.01. The van der Waals surface area contributed by atoms with Crippen LogP contribution >= 0.6 is 0 Å². The van der Waals surface area contributed by atoms with Gasteiger partial charge in [0.1, 0.15) is 7.85 Å². The molecular formula is C20H12BNO. The number of benzene rings is 2. The van der Waals surface area contributed by atoms with Gasteiger partial charge in [0.2, 0.25) is 0 Å². The summed E-state index contributed by atoms with van der Waals surface area (Å²) in [5, 5.41) is 2.10. The van der Waals surface area contributed by atoms with Crippen LogP contribution in [0.5, 0.6) is 0 Å². The molecule has 0 spiro atoms. The van der Waals surface area contributed by atoms with Crippen LogP contribution in [0.3, 0.4) is 0 Å². The summed E-state index contributed by atoms with van der Waals surface area (Å²) in [5.41, 5.74) is 3.28. The predicted molar refractivity (Wildman–Crippen MR) is 96.3 cm³/mol. The molecule has 2 radical (unpaired) electrons. The number of aromatic nitrogens is 1. The van der Waals surface area contributed by atoms with Crippen molar-refractivity contribution in [3.05, 3.63) is 83.2 Å². The van der Waals surface area contributed by atoms with E-state index in [0.29, 0.717) is 21.8 Å². The van der Waals surface area contributed by atoms with E-state index in [0.717, 1.165) is 16.5 Å². The quantitative estimate of drug-likeness (QED) is 0.504. The minimum atomic E-state index is -0.0229. The zero-order chi connectivity index (χ0) is 15.8. The first-order chi connectivity index (χ1) is 11.2. The van der Waals surface area contributed by atoms with Gasteiger partial charge in [-0.1, -0.05) is 60.1 Å². The fourth-order valence-electron chi connectivity index (χ4n) is 2.82. The maximum absolute atomic E-state index is 12.9. The molecule has 23 heavy (non-hydrogen) atoms.